The van der Waals surface area contributed by atoms with Crippen molar-refractivity contribution in [3.63, 3.8) is 0 Å². The van der Waals surface area contributed by atoms with E-state index in [1.807, 2.05) is 24.3 Å². The standard InChI is InChI=1S/C21H26N2O2/c1-25-19-10-6-5-9-18(19)20(24)23-15-21(13-11-17(22)12-14-21)16-7-3-2-4-8-16/h2-10,17H,11-15,22H2,1H3,(H,23,24). The number of carbonyl (C=O) groups is 1. The number of carbonyl (C=O) groups excluding carboxylic acids is 1. The van der Waals surface area contributed by atoms with Gasteiger partial charge in [-0.15, -0.1) is 0 Å². The second-order valence-electron chi connectivity index (χ2n) is 6.87. The van der Waals surface area contributed by atoms with E-state index < -0.39 is 0 Å². The highest BCUT2D eigenvalue weighted by Crippen LogP contribution is 2.38. The molecule has 132 valence electrons. The van der Waals surface area contributed by atoms with E-state index in [-0.39, 0.29) is 17.4 Å². The number of hydrogen-bond donors (Lipinski definition) is 2. The van der Waals surface area contributed by atoms with Crippen molar-refractivity contribution in [1.82, 2.24) is 5.32 Å². The van der Waals surface area contributed by atoms with Crippen LogP contribution in [0.15, 0.2) is 54.6 Å². The molecule has 4 heteroatoms. The lowest BCUT2D eigenvalue weighted by atomic mass is 9.68. The number of hydrogen-bond acceptors (Lipinski definition) is 3. The molecule has 0 atom stereocenters. The van der Waals surface area contributed by atoms with Crippen LogP contribution in [0.3, 0.4) is 0 Å². The van der Waals surface area contributed by atoms with Crippen molar-refractivity contribution in [2.75, 3.05) is 13.7 Å². The van der Waals surface area contributed by atoms with Gasteiger partial charge in [0.25, 0.3) is 5.91 Å². The predicted molar refractivity (Wildman–Crippen MR) is 99.9 cm³/mol. The minimum Gasteiger partial charge on any atom is -0.496 e. The summed E-state index contributed by atoms with van der Waals surface area (Å²) in [5, 5.41) is 3.14. The van der Waals surface area contributed by atoms with E-state index in [1.165, 1.54) is 5.56 Å². The van der Waals surface area contributed by atoms with Gasteiger partial charge in [-0.3, -0.25) is 4.79 Å². The average molecular weight is 338 g/mol. The fourth-order valence-electron chi connectivity index (χ4n) is 3.73. The molecule has 0 aromatic heterocycles. The van der Waals surface area contributed by atoms with E-state index in [0.29, 0.717) is 17.9 Å². The van der Waals surface area contributed by atoms with Crippen LogP contribution in [0.25, 0.3) is 0 Å². The molecule has 0 bridgehead atoms. The molecule has 0 aliphatic heterocycles. The summed E-state index contributed by atoms with van der Waals surface area (Å²) < 4.78 is 5.30. The van der Waals surface area contributed by atoms with Gasteiger partial charge in [-0.1, -0.05) is 42.5 Å². The molecule has 4 nitrogen and oxygen atoms in total. The molecule has 0 radical (unpaired) electrons. The van der Waals surface area contributed by atoms with Crippen LogP contribution in [-0.4, -0.2) is 25.6 Å². The first-order valence-electron chi connectivity index (χ1n) is 8.87. The second kappa shape index (κ2) is 7.70. The topological polar surface area (TPSA) is 64.3 Å². The van der Waals surface area contributed by atoms with Gasteiger partial charge in [-0.2, -0.15) is 0 Å². The van der Waals surface area contributed by atoms with Gasteiger partial charge in [0.05, 0.1) is 12.7 Å². The van der Waals surface area contributed by atoms with Gasteiger partial charge in [0.15, 0.2) is 0 Å². The van der Waals surface area contributed by atoms with Crippen LogP contribution < -0.4 is 15.8 Å². The van der Waals surface area contributed by atoms with Crippen LogP contribution in [-0.2, 0) is 5.41 Å². The number of amides is 1. The molecule has 0 spiro atoms. The second-order valence-corrected chi connectivity index (χ2v) is 6.87. The van der Waals surface area contributed by atoms with E-state index in [0.717, 1.165) is 25.7 Å². The molecule has 2 aromatic rings. The number of nitrogens with one attached hydrogen (secondary N) is 1. The first kappa shape index (κ1) is 17.5. The van der Waals surface area contributed by atoms with E-state index in [9.17, 15) is 4.79 Å². The lowest BCUT2D eigenvalue weighted by Crippen LogP contribution is -2.45. The summed E-state index contributed by atoms with van der Waals surface area (Å²) in [4.78, 5) is 12.7. The zero-order valence-electron chi connectivity index (χ0n) is 14.7. The lowest BCUT2D eigenvalue weighted by molar-refractivity contribution is 0.0932. The van der Waals surface area contributed by atoms with Crippen molar-refractivity contribution >= 4 is 5.91 Å². The van der Waals surface area contributed by atoms with Gasteiger partial charge in [0.1, 0.15) is 5.75 Å². The Balaban J connectivity index is 1.78. The van der Waals surface area contributed by atoms with Gasteiger partial charge in [-0.25, -0.2) is 0 Å². The fraction of sp³-hybridized carbons (Fsp3) is 0.381. The zero-order chi connectivity index (χ0) is 17.7. The highest BCUT2D eigenvalue weighted by atomic mass is 16.5. The average Bonchev–Trinajstić information content (AvgIpc) is 2.68. The molecular weight excluding hydrogens is 312 g/mol. The largest absolute Gasteiger partial charge is 0.496 e. The summed E-state index contributed by atoms with van der Waals surface area (Å²) in [6, 6.07) is 18.1. The lowest BCUT2D eigenvalue weighted by Gasteiger charge is -2.40. The monoisotopic (exact) mass is 338 g/mol. The Bertz CT molecular complexity index is 707. The Hall–Kier alpha value is -2.33. The van der Waals surface area contributed by atoms with Crippen molar-refractivity contribution < 1.29 is 9.53 Å². The Labute approximate surface area is 149 Å². The Morgan fingerprint density at radius 3 is 2.44 bits per heavy atom. The highest BCUT2D eigenvalue weighted by molar-refractivity contribution is 5.96. The fourth-order valence-corrected chi connectivity index (χ4v) is 3.73. The number of ether oxygens (including phenoxy) is 1. The third-order valence-electron chi connectivity index (χ3n) is 5.31. The van der Waals surface area contributed by atoms with Crippen molar-refractivity contribution in [3.05, 3.63) is 65.7 Å². The zero-order valence-corrected chi connectivity index (χ0v) is 14.7. The van der Waals surface area contributed by atoms with Crippen molar-refractivity contribution in [2.24, 2.45) is 5.73 Å². The summed E-state index contributed by atoms with van der Waals surface area (Å²) in [7, 11) is 1.58. The summed E-state index contributed by atoms with van der Waals surface area (Å²) in [6.07, 6.45) is 3.95. The normalized spacial score (nSPS) is 23.0. The molecule has 3 rings (SSSR count). The first-order valence-corrected chi connectivity index (χ1v) is 8.87. The summed E-state index contributed by atoms with van der Waals surface area (Å²) in [6.45, 7) is 0.612. The van der Waals surface area contributed by atoms with Gasteiger partial charge < -0.3 is 15.8 Å². The number of nitrogens with two attached hydrogens (primary N) is 1. The van der Waals surface area contributed by atoms with Crippen LogP contribution in [0, 0.1) is 0 Å². The first-order chi connectivity index (χ1) is 12.1. The van der Waals surface area contributed by atoms with E-state index >= 15 is 0 Å². The quantitative estimate of drug-likeness (QED) is 0.879. The minimum atomic E-state index is -0.0948. The third kappa shape index (κ3) is 3.85. The molecule has 3 N–H and O–H groups in total. The molecule has 1 saturated carbocycles. The maximum absolute atomic E-state index is 12.7. The maximum atomic E-state index is 12.7. The maximum Gasteiger partial charge on any atom is 0.255 e. The molecule has 1 aliphatic carbocycles. The van der Waals surface area contributed by atoms with Crippen LogP contribution in [0.5, 0.6) is 5.75 Å². The van der Waals surface area contributed by atoms with Crippen LogP contribution in [0.4, 0.5) is 0 Å². The number of rotatable bonds is 5. The molecule has 1 aliphatic rings. The predicted octanol–water partition coefficient (Wildman–Crippen LogP) is 3.26. The number of benzene rings is 2. The highest BCUT2D eigenvalue weighted by Gasteiger charge is 2.36. The number of methoxy groups -OCH3 is 1. The molecule has 0 heterocycles. The minimum absolute atomic E-state index is 0.0468. The third-order valence-corrected chi connectivity index (χ3v) is 5.31. The smallest absolute Gasteiger partial charge is 0.255 e. The molecule has 0 unspecified atom stereocenters. The molecule has 25 heavy (non-hydrogen) atoms. The Morgan fingerprint density at radius 2 is 1.76 bits per heavy atom. The van der Waals surface area contributed by atoms with Gasteiger partial charge >= 0.3 is 0 Å². The van der Waals surface area contributed by atoms with Gasteiger partial charge in [-0.05, 0) is 43.4 Å². The van der Waals surface area contributed by atoms with Crippen LogP contribution in [0.1, 0.15) is 41.6 Å². The van der Waals surface area contributed by atoms with E-state index in [1.54, 1.807) is 13.2 Å². The van der Waals surface area contributed by atoms with Crippen LogP contribution in [0.2, 0.25) is 0 Å². The summed E-state index contributed by atoms with van der Waals surface area (Å²) in [5.74, 6) is 0.502. The Morgan fingerprint density at radius 1 is 1.12 bits per heavy atom. The van der Waals surface area contributed by atoms with Crippen LogP contribution >= 0.6 is 0 Å². The van der Waals surface area contributed by atoms with Gasteiger partial charge in [0, 0.05) is 18.0 Å². The Kier molecular flexibility index (Phi) is 5.39. The molecule has 2 aromatic carbocycles. The SMILES string of the molecule is COc1ccccc1C(=O)NCC1(c2ccccc2)CCC(N)CC1. The van der Waals surface area contributed by atoms with Gasteiger partial charge in [0.2, 0.25) is 0 Å². The van der Waals surface area contributed by atoms with Crippen molar-refractivity contribution in [3.8, 4) is 5.75 Å². The summed E-state index contributed by atoms with van der Waals surface area (Å²) in [5.41, 5.74) is 7.92. The van der Waals surface area contributed by atoms with Crippen molar-refractivity contribution in [2.45, 2.75) is 37.1 Å². The van der Waals surface area contributed by atoms with E-state index in [2.05, 4.69) is 29.6 Å². The molecule has 1 amide bonds. The summed E-state index contributed by atoms with van der Waals surface area (Å²) >= 11 is 0. The molecule has 1 fully saturated rings. The molecular formula is C21H26N2O2. The number of para-hydroxylation sites is 1. The molecule has 0 saturated heterocycles. The van der Waals surface area contributed by atoms with E-state index in [4.69, 9.17) is 10.5 Å². The van der Waals surface area contributed by atoms with Crippen molar-refractivity contribution in [1.29, 1.82) is 0 Å².